The van der Waals surface area contributed by atoms with E-state index in [1.54, 1.807) is 19.1 Å². The monoisotopic (exact) mass is 232 g/mol. The van der Waals surface area contributed by atoms with Gasteiger partial charge in [0.25, 0.3) is 5.91 Å². The molecule has 0 spiro atoms. The molecule has 2 N–H and O–H groups in total. The molecule has 0 bridgehead atoms. The van der Waals surface area contributed by atoms with Crippen molar-refractivity contribution in [2.75, 3.05) is 0 Å². The second-order valence-electron chi connectivity index (χ2n) is 3.94. The minimum absolute atomic E-state index is 0.124. The Morgan fingerprint density at radius 3 is 2.82 bits per heavy atom. The average Bonchev–Trinajstić information content (AvgIpc) is 2.31. The second kappa shape index (κ2) is 5.90. The average molecular weight is 232 g/mol. The van der Waals surface area contributed by atoms with Gasteiger partial charge in [-0.15, -0.1) is 0 Å². The van der Waals surface area contributed by atoms with E-state index in [0.29, 0.717) is 17.5 Å². The summed E-state index contributed by atoms with van der Waals surface area (Å²) >= 11 is 0. The lowest BCUT2D eigenvalue weighted by molar-refractivity contribution is 0.0936. The molecular weight excluding hydrogens is 216 g/mol. The summed E-state index contributed by atoms with van der Waals surface area (Å²) in [6.45, 7) is 3.66. The maximum atomic E-state index is 11.9. The quantitative estimate of drug-likeness (QED) is 0.835. The van der Waals surface area contributed by atoms with Crippen LogP contribution in [0.3, 0.4) is 0 Å². The van der Waals surface area contributed by atoms with Gasteiger partial charge in [-0.05, 0) is 37.1 Å². The Kier molecular flexibility index (Phi) is 4.53. The van der Waals surface area contributed by atoms with Crippen molar-refractivity contribution < 1.29 is 9.90 Å². The first-order chi connectivity index (χ1) is 8.08. The van der Waals surface area contributed by atoms with Crippen molar-refractivity contribution in [1.82, 2.24) is 5.32 Å². The standard InChI is InChI=1S/C13H16N2O2/c1-3-11(6-7-14)15-13(17)10-4-5-12(16)9(2)8-10/h4-5,8,11,16H,3,6H2,1-2H3,(H,15,17). The molecule has 0 aromatic heterocycles. The fourth-order valence-electron chi connectivity index (χ4n) is 1.47. The normalized spacial score (nSPS) is 11.6. The van der Waals surface area contributed by atoms with E-state index in [1.165, 1.54) is 6.07 Å². The van der Waals surface area contributed by atoms with Crippen molar-refractivity contribution in [3.63, 3.8) is 0 Å². The second-order valence-corrected chi connectivity index (χ2v) is 3.94. The van der Waals surface area contributed by atoms with E-state index in [9.17, 15) is 9.90 Å². The highest BCUT2D eigenvalue weighted by Crippen LogP contribution is 2.17. The van der Waals surface area contributed by atoms with Gasteiger partial charge >= 0.3 is 0 Å². The predicted octanol–water partition coefficient (Wildman–Crippen LogP) is 2.12. The van der Waals surface area contributed by atoms with Gasteiger partial charge in [0.1, 0.15) is 5.75 Å². The smallest absolute Gasteiger partial charge is 0.251 e. The van der Waals surface area contributed by atoms with Crippen LogP contribution in [0.1, 0.15) is 35.7 Å². The van der Waals surface area contributed by atoms with E-state index in [-0.39, 0.29) is 17.7 Å². The topological polar surface area (TPSA) is 73.1 Å². The summed E-state index contributed by atoms with van der Waals surface area (Å²) in [6, 6.07) is 6.61. The maximum Gasteiger partial charge on any atom is 0.251 e. The molecule has 0 saturated heterocycles. The summed E-state index contributed by atoms with van der Waals surface area (Å²) in [5, 5.41) is 20.7. The van der Waals surface area contributed by atoms with Gasteiger partial charge in [0.2, 0.25) is 0 Å². The van der Waals surface area contributed by atoms with E-state index in [2.05, 4.69) is 5.32 Å². The zero-order chi connectivity index (χ0) is 12.8. The number of phenolic OH excluding ortho intramolecular Hbond substituents is 1. The Labute approximate surface area is 101 Å². The Hall–Kier alpha value is -2.02. The van der Waals surface area contributed by atoms with Crippen molar-refractivity contribution in [2.24, 2.45) is 0 Å². The van der Waals surface area contributed by atoms with Gasteiger partial charge < -0.3 is 10.4 Å². The van der Waals surface area contributed by atoms with Gasteiger partial charge in [-0.3, -0.25) is 4.79 Å². The van der Waals surface area contributed by atoms with Crippen LogP contribution in [-0.2, 0) is 0 Å². The number of hydrogen-bond donors (Lipinski definition) is 2. The zero-order valence-corrected chi connectivity index (χ0v) is 10.0. The lowest BCUT2D eigenvalue weighted by Crippen LogP contribution is -2.34. The molecule has 0 fully saturated rings. The molecule has 1 atom stereocenters. The van der Waals surface area contributed by atoms with Crippen molar-refractivity contribution in [3.8, 4) is 11.8 Å². The van der Waals surface area contributed by atoms with E-state index in [4.69, 9.17) is 5.26 Å². The Morgan fingerprint density at radius 2 is 2.29 bits per heavy atom. The molecule has 0 aliphatic rings. The molecule has 4 nitrogen and oxygen atoms in total. The molecule has 1 amide bonds. The number of phenols is 1. The third kappa shape index (κ3) is 3.49. The van der Waals surface area contributed by atoms with Crippen LogP contribution >= 0.6 is 0 Å². The van der Waals surface area contributed by atoms with Crippen LogP contribution in [0.15, 0.2) is 18.2 Å². The number of benzene rings is 1. The minimum Gasteiger partial charge on any atom is -0.508 e. The van der Waals surface area contributed by atoms with Crippen LogP contribution in [0.4, 0.5) is 0 Å². The fraction of sp³-hybridized carbons (Fsp3) is 0.385. The van der Waals surface area contributed by atoms with Crippen LogP contribution in [-0.4, -0.2) is 17.1 Å². The molecule has 90 valence electrons. The fourth-order valence-corrected chi connectivity index (χ4v) is 1.47. The van der Waals surface area contributed by atoms with Gasteiger partial charge in [-0.25, -0.2) is 0 Å². The highest BCUT2D eigenvalue weighted by molar-refractivity contribution is 5.94. The number of carbonyl (C=O) groups excluding carboxylic acids is 1. The van der Waals surface area contributed by atoms with Gasteiger partial charge in [0.05, 0.1) is 12.5 Å². The SMILES string of the molecule is CCC(CC#N)NC(=O)c1ccc(O)c(C)c1. The Bertz CT molecular complexity index is 449. The molecule has 0 saturated carbocycles. The molecular formula is C13H16N2O2. The highest BCUT2D eigenvalue weighted by atomic mass is 16.3. The Morgan fingerprint density at radius 1 is 1.59 bits per heavy atom. The molecule has 0 aliphatic heterocycles. The summed E-state index contributed by atoms with van der Waals surface area (Å²) in [5.41, 5.74) is 1.16. The van der Waals surface area contributed by atoms with E-state index in [1.807, 2.05) is 13.0 Å². The first kappa shape index (κ1) is 13.0. The Balaban J connectivity index is 2.76. The van der Waals surface area contributed by atoms with Gasteiger partial charge in [-0.1, -0.05) is 6.92 Å². The third-order valence-corrected chi connectivity index (χ3v) is 2.62. The van der Waals surface area contributed by atoms with Crippen LogP contribution in [0.5, 0.6) is 5.75 Å². The number of nitriles is 1. The van der Waals surface area contributed by atoms with Crippen molar-refractivity contribution >= 4 is 5.91 Å². The molecule has 1 unspecified atom stereocenters. The van der Waals surface area contributed by atoms with Crippen molar-refractivity contribution in [3.05, 3.63) is 29.3 Å². The number of nitrogens with zero attached hydrogens (tertiary/aromatic N) is 1. The predicted molar refractivity (Wildman–Crippen MR) is 64.6 cm³/mol. The van der Waals surface area contributed by atoms with Crippen LogP contribution < -0.4 is 5.32 Å². The largest absolute Gasteiger partial charge is 0.508 e. The molecule has 0 radical (unpaired) electrons. The van der Waals surface area contributed by atoms with Gasteiger partial charge in [0, 0.05) is 11.6 Å². The van der Waals surface area contributed by atoms with Crippen LogP contribution in [0.2, 0.25) is 0 Å². The number of hydrogen-bond acceptors (Lipinski definition) is 3. The zero-order valence-electron chi connectivity index (χ0n) is 10.0. The van der Waals surface area contributed by atoms with E-state index < -0.39 is 0 Å². The minimum atomic E-state index is -0.213. The summed E-state index contributed by atoms with van der Waals surface area (Å²) in [7, 11) is 0. The highest BCUT2D eigenvalue weighted by Gasteiger charge is 2.12. The number of amides is 1. The molecule has 17 heavy (non-hydrogen) atoms. The summed E-state index contributed by atoms with van der Waals surface area (Å²) in [6.07, 6.45) is 1.02. The lowest BCUT2D eigenvalue weighted by Gasteiger charge is -2.13. The van der Waals surface area contributed by atoms with E-state index >= 15 is 0 Å². The van der Waals surface area contributed by atoms with Gasteiger partial charge in [-0.2, -0.15) is 5.26 Å². The van der Waals surface area contributed by atoms with Crippen molar-refractivity contribution in [1.29, 1.82) is 5.26 Å². The summed E-state index contributed by atoms with van der Waals surface area (Å²) < 4.78 is 0. The molecule has 4 heteroatoms. The number of rotatable bonds is 4. The lowest BCUT2D eigenvalue weighted by atomic mass is 10.1. The molecule has 1 rings (SSSR count). The summed E-state index contributed by atoms with van der Waals surface area (Å²) in [5.74, 6) is -0.0409. The maximum absolute atomic E-state index is 11.9. The molecule has 0 heterocycles. The van der Waals surface area contributed by atoms with Gasteiger partial charge in [0.15, 0.2) is 0 Å². The van der Waals surface area contributed by atoms with E-state index in [0.717, 1.165) is 6.42 Å². The molecule has 1 aromatic carbocycles. The third-order valence-electron chi connectivity index (χ3n) is 2.62. The summed E-state index contributed by atoms with van der Waals surface area (Å²) in [4.78, 5) is 11.9. The number of aromatic hydroxyl groups is 1. The molecule has 0 aliphatic carbocycles. The number of nitrogens with one attached hydrogen (secondary N) is 1. The molecule has 1 aromatic rings. The van der Waals surface area contributed by atoms with Crippen molar-refractivity contribution in [2.45, 2.75) is 32.7 Å². The first-order valence-corrected chi connectivity index (χ1v) is 5.56. The van der Waals surface area contributed by atoms with Crippen LogP contribution in [0, 0.1) is 18.3 Å². The first-order valence-electron chi connectivity index (χ1n) is 5.56. The number of carbonyl (C=O) groups is 1. The van der Waals surface area contributed by atoms with Crippen LogP contribution in [0.25, 0.3) is 0 Å². The number of aryl methyl sites for hydroxylation is 1.